The monoisotopic (exact) mass is 439 g/mol. The smallest absolute Gasteiger partial charge is 0.276 e. The van der Waals surface area contributed by atoms with Crippen LogP contribution in [0, 0.1) is 0 Å². The Morgan fingerprint density at radius 2 is 1.61 bits per heavy atom. The Labute approximate surface area is 193 Å². The third kappa shape index (κ3) is 5.75. The zero-order valence-corrected chi connectivity index (χ0v) is 18.3. The molecule has 0 unspecified atom stereocenters. The number of para-hydroxylation sites is 1. The van der Waals surface area contributed by atoms with E-state index in [1.807, 2.05) is 78.9 Å². The van der Waals surface area contributed by atoms with E-state index >= 15 is 0 Å². The first-order valence-corrected chi connectivity index (χ1v) is 10.6. The Hall–Kier alpha value is -4.16. The molecule has 0 saturated carbocycles. The lowest BCUT2D eigenvalue weighted by molar-refractivity contribution is 0.0235. The number of amides is 1. The lowest BCUT2D eigenvalue weighted by atomic mass is 10.0. The molecule has 166 valence electrons. The molecule has 6 nitrogen and oxygen atoms in total. The van der Waals surface area contributed by atoms with Crippen LogP contribution in [0.3, 0.4) is 0 Å². The van der Waals surface area contributed by atoms with Gasteiger partial charge in [-0.2, -0.15) is 0 Å². The second-order valence-electron chi connectivity index (χ2n) is 7.36. The normalized spacial score (nSPS) is 10.5. The summed E-state index contributed by atoms with van der Waals surface area (Å²) in [4.78, 5) is 22.4. The number of nitrogens with one attached hydrogen (secondary N) is 2. The van der Waals surface area contributed by atoms with Crippen LogP contribution < -0.4 is 15.5 Å². The number of carbonyl (C=O) groups is 1. The molecule has 3 aromatic carbocycles. The van der Waals surface area contributed by atoms with Crippen molar-refractivity contribution in [3.63, 3.8) is 0 Å². The number of nitrogens with zero attached hydrogens (tertiary/aromatic N) is 1. The van der Waals surface area contributed by atoms with Gasteiger partial charge in [-0.1, -0.05) is 48.5 Å². The molecule has 4 aromatic rings. The highest BCUT2D eigenvalue weighted by Crippen LogP contribution is 2.26. The highest BCUT2D eigenvalue weighted by Gasteiger charge is 2.12. The topological polar surface area (TPSA) is 72.5 Å². The minimum Gasteiger partial charge on any atom is -0.497 e. The van der Waals surface area contributed by atoms with Crippen LogP contribution in [-0.4, -0.2) is 18.0 Å². The van der Waals surface area contributed by atoms with Gasteiger partial charge in [0.15, 0.2) is 0 Å². The zero-order valence-electron chi connectivity index (χ0n) is 18.3. The van der Waals surface area contributed by atoms with Gasteiger partial charge in [-0.15, -0.1) is 0 Å². The van der Waals surface area contributed by atoms with Crippen LogP contribution in [0.5, 0.6) is 5.75 Å². The molecule has 0 saturated heterocycles. The summed E-state index contributed by atoms with van der Waals surface area (Å²) < 4.78 is 5.24. The van der Waals surface area contributed by atoms with Gasteiger partial charge >= 0.3 is 0 Å². The summed E-state index contributed by atoms with van der Waals surface area (Å²) in [5.41, 5.74) is 7.94. The van der Waals surface area contributed by atoms with Crippen molar-refractivity contribution >= 4 is 11.6 Å². The van der Waals surface area contributed by atoms with Crippen LogP contribution in [0.1, 0.15) is 21.5 Å². The molecule has 0 atom stereocenters. The molecule has 1 heterocycles. The summed E-state index contributed by atoms with van der Waals surface area (Å²) in [5.74, 6) is 0.491. The third-order valence-electron chi connectivity index (χ3n) is 5.21. The number of methoxy groups -OCH3 is 1. The van der Waals surface area contributed by atoms with Gasteiger partial charge in [-0.05, 0) is 58.7 Å². The van der Waals surface area contributed by atoms with E-state index < -0.39 is 0 Å². The van der Waals surface area contributed by atoms with Gasteiger partial charge in [0.05, 0.1) is 12.7 Å². The first-order valence-electron chi connectivity index (χ1n) is 10.6. The van der Waals surface area contributed by atoms with Gasteiger partial charge in [0.1, 0.15) is 12.4 Å². The second-order valence-corrected chi connectivity index (χ2v) is 7.36. The van der Waals surface area contributed by atoms with Gasteiger partial charge in [0.2, 0.25) is 0 Å². The number of hydrogen-bond donors (Lipinski definition) is 2. The lowest BCUT2D eigenvalue weighted by Crippen LogP contribution is -2.24. The van der Waals surface area contributed by atoms with Crippen molar-refractivity contribution in [2.24, 2.45) is 0 Å². The summed E-state index contributed by atoms with van der Waals surface area (Å²) in [6.45, 7) is 0.823. The highest BCUT2D eigenvalue weighted by atomic mass is 16.6. The highest BCUT2D eigenvalue weighted by molar-refractivity contribution is 5.99. The number of aromatic nitrogens is 1. The predicted octanol–water partition coefficient (Wildman–Crippen LogP) is 5.23. The quantitative estimate of drug-likeness (QED) is 0.349. The lowest BCUT2D eigenvalue weighted by Gasteiger charge is -2.14. The van der Waals surface area contributed by atoms with Crippen LogP contribution in [0.15, 0.2) is 97.3 Å². The summed E-state index contributed by atoms with van der Waals surface area (Å²) in [6, 6.07) is 27.0. The fraction of sp³-hybridized carbons (Fsp3) is 0.111. The number of hydroxylamine groups is 1. The van der Waals surface area contributed by atoms with Gasteiger partial charge in [0, 0.05) is 24.6 Å². The molecule has 0 aliphatic rings. The molecule has 0 aliphatic heterocycles. The van der Waals surface area contributed by atoms with Crippen molar-refractivity contribution in [1.29, 1.82) is 0 Å². The first-order chi connectivity index (χ1) is 16.2. The number of hydrogen-bond acceptors (Lipinski definition) is 5. The van der Waals surface area contributed by atoms with Crippen molar-refractivity contribution in [2.45, 2.75) is 13.2 Å². The maximum Gasteiger partial charge on any atom is 0.276 e. The fourth-order valence-electron chi connectivity index (χ4n) is 3.47. The Bertz CT molecular complexity index is 1190. The SMILES string of the molecule is COc1ccc(-c2ccccc2CONC(=O)c2ccccc2NCc2ccncc2)cc1. The van der Waals surface area contributed by atoms with Crippen LogP contribution in [0.2, 0.25) is 0 Å². The van der Waals surface area contributed by atoms with Gasteiger partial charge in [-0.3, -0.25) is 14.6 Å². The van der Waals surface area contributed by atoms with Crippen LogP contribution >= 0.6 is 0 Å². The summed E-state index contributed by atoms with van der Waals surface area (Å²) in [6.07, 6.45) is 3.49. The van der Waals surface area contributed by atoms with Crippen molar-refractivity contribution in [2.75, 3.05) is 12.4 Å². The van der Waals surface area contributed by atoms with E-state index in [0.717, 1.165) is 33.7 Å². The number of rotatable bonds is 9. The molecule has 2 N–H and O–H groups in total. The van der Waals surface area contributed by atoms with Gasteiger partial charge in [0.25, 0.3) is 5.91 Å². The fourth-order valence-corrected chi connectivity index (χ4v) is 3.47. The number of anilines is 1. The van der Waals surface area contributed by atoms with E-state index in [4.69, 9.17) is 9.57 Å². The molecule has 4 rings (SSSR count). The van der Waals surface area contributed by atoms with Crippen molar-refractivity contribution in [3.05, 3.63) is 114 Å². The zero-order chi connectivity index (χ0) is 22.9. The number of pyridine rings is 1. The van der Waals surface area contributed by atoms with Gasteiger partial charge in [-0.25, -0.2) is 5.48 Å². The number of carbonyl (C=O) groups excluding carboxylic acids is 1. The standard InChI is InChI=1S/C27H25N3O3/c1-32-23-12-10-21(11-13-23)24-7-3-2-6-22(24)19-33-30-27(31)25-8-4-5-9-26(25)29-18-20-14-16-28-17-15-20/h2-17,29H,18-19H2,1H3,(H,30,31). The molecule has 1 aromatic heterocycles. The summed E-state index contributed by atoms with van der Waals surface area (Å²) >= 11 is 0. The maximum absolute atomic E-state index is 12.8. The Balaban J connectivity index is 1.39. The third-order valence-corrected chi connectivity index (χ3v) is 5.21. The summed E-state index contributed by atoms with van der Waals surface area (Å²) in [7, 11) is 1.65. The van der Waals surface area contributed by atoms with E-state index in [2.05, 4.69) is 15.8 Å². The minimum absolute atomic E-state index is 0.237. The molecule has 1 amide bonds. The largest absolute Gasteiger partial charge is 0.497 e. The van der Waals surface area contributed by atoms with Crippen molar-refractivity contribution in [1.82, 2.24) is 10.5 Å². The van der Waals surface area contributed by atoms with Crippen molar-refractivity contribution < 1.29 is 14.4 Å². The van der Waals surface area contributed by atoms with E-state index in [1.165, 1.54) is 0 Å². The van der Waals surface area contributed by atoms with E-state index in [-0.39, 0.29) is 12.5 Å². The average molecular weight is 440 g/mol. The molecule has 6 heteroatoms. The Kier molecular flexibility index (Phi) is 7.30. The van der Waals surface area contributed by atoms with Crippen molar-refractivity contribution in [3.8, 4) is 16.9 Å². The molecule has 0 radical (unpaired) electrons. The molecular formula is C27H25N3O3. The van der Waals surface area contributed by atoms with Gasteiger partial charge < -0.3 is 10.1 Å². The molecule has 33 heavy (non-hydrogen) atoms. The van der Waals surface area contributed by atoms with E-state index in [9.17, 15) is 4.79 Å². The van der Waals surface area contributed by atoms with Crippen LogP contribution in [0.4, 0.5) is 5.69 Å². The minimum atomic E-state index is -0.310. The number of ether oxygens (including phenoxy) is 1. The Morgan fingerprint density at radius 1 is 0.879 bits per heavy atom. The average Bonchev–Trinajstić information content (AvgIpc) is 2.88. The molecule has 0 bridgehead atoms. The van der Waals surface area contributed by atoms with E-state index in [1.54, 1.807) is 25.6 Å². The molecule has 0 aliphatic carbocycles. The van der Waals surface area contributed by atoms with E-state index in [0.29, 0.717) is 12.1 Å². The first kappa shape index (κ1) is 22.0. The second kappa shape index (κ2) is 10.9. The van der Waals surface area contributed by atoms with Crippen LogP contribution in [0.25, 0.3) is 11.1 Å². The molecular weight excluding hydrogens is 414 g/mol. The molecule has 0 spiro atoms. The molecule has 0 fully saturated rings. The summed E-state index contributed by atoms with van der Waals surface area (Å²) in [5, 5.41) is 3.30. The van der Waals surface area contributed by atoms with Crippen LogP contribution in [-0.2, 0) is 18.0 Å². The predicted molar refractivity (Wildman–Crippen MR) is 129 cm³/mol. The Morgan fingerprint density at radius 3 is 2.39 bits per heavy atom. The maximum atomic E-state index is 12.8. The number of benzene rings is 3.